The van der Waals surface area contributed by atoms with Gasteiger partial charge in [-0.1, -0.05) is 42.9 Å². The fraction of sp³-hybridized carbons (Fsp3) is 0.667. The zero-order chi connectivity index (χ0) is 18.9. The molecule has 2 saturated heterocycles. The Morgan fingerprint density at radius 2 is 1.81 bits per heavy atom. The second-order valence-electron chi connectivity index (χ2n) is 9.15. The van der Waals surface area contributed by atoms with Gasteiger partial charge < -0.3 is 9.47 Å². The van der Waals surface area contributed by atoms with Crippen molar-refractivity contribution < 1.29 is 9.47 Å². The fourth-order valence-electron chi connectivity index (χ4n) is 4.89. The summed E-state index contributed by atoms with van der Waals surface area (Å²) < 4.78 is 13.0. The molecule has 146 valence electrons. The van der Waals surface area contributed by atoms with Gasteiger partial charge in [-0.15, -0.1) is 0 Å². The molecule has 1 aromatic rings. The highest BCUT2D eigenvalue weighted by Crippen LogP contribution is 2.52. The molecular weight excluding hydrogens is 334 g/mol. The lowest BCUT2D eigenvalue weighted by molar-refractivity contribution is -0.169. The molecule has 0 aliphatic carbocycles. The zero-order valence-corrected chi connectivity index (χ0v) is 17.1. The molecule has 3 nitrogen and oxygen atoms in total. The molecule has 0 unspecified atom stereocenters. The number of nitrogens with zero attached hydrogens (tertiary/aromatic N) is 1. The van der Waals surface area contributed by atoms with Gasteiger partial charge in [-0.3, -0.25) is 4.90 Å². The van der Waals surface area contributed by atoms with Gasteiger partial charge in [0.1, 0.15) is 17.0 Å². The fourth-order valence-corrected chi connectivity index (χ4v) is 4.89. The normalized spacial score (nSPS) is 32.9. The zero-order valence-electron chi connectivity index (χ0n) is 17.1. The van der Waals surface area contributed by atoms with E-state index in [9.17, 15) is 0 Å². The summed E-state index contributed by atoms with van der Waals surface area (Å²) in [7, 11) is 0. The molecule has 0 bridgehead atoms. The monoisotopic (exact) mass is 367 g/mol. The summed E-state index contributed by atoms with van der Waals surface area (Å²) in [5.41, 5.74) is 0.606. The van der Waals surface area contributed by atoms with E-state index in [1.165, 1.54) is 44.3 Å². The van der Waals surface area contributed by atoms with Crippen LogP contribution < -0.4 is 4.74 Å². The van der Waals surface area contributed by atoms with Crippen LogP contribution in [0.25, 0.3) is 0 Å². The average molecular weight is 368 g/mol. The maximum absolute atomic E-state index is 6.68. The number of ether oxygens (including phenoxy) is 2. The van der Waals surface area contributed by atoms with Gasteiger partial charge in [0.25, 0.3) is 0 Å². The number of benzene rings is 1. The number of para-hydroxylation sites is 1. The first-order chi connectivity index (χ1) is 13.0. The Hall–Kier alpha value is -1.50. The van der Waals surface area contributed by atoms with Crippen molar-refractivity contribution in [2.24, 2.45) is 5.92 Å². The molecule has 0 aromatic heterocycles. The average Bonchev–Trinajstić information content (AvgIpc) is 2.90. The number of rotatable bonds is 1. The van der Waals surface area contributed by atoms with E-state index in [0.29, 0.717) is 5.92 Å². The third kappa shape index (κ3) is 4.03. The van der Waals surface area contributed by atoms with E-state index >= 15 is 0 Å². The van der Waals surface area contributed by atoms with Gasteiger partial charge in [-0.05, 0) is 65.6 Å². The molecule has 4 rings (SSSR count). The van der Waals surface area contributed by atoms with Gasteiger partial charge in [0.2, 0.25) is 0 Å². The van der Waals surface area contributed by atoms with E-state index in [0.717, 1.165) is 25.1 Å². The van der Waals surface area contributed by atoms with Crippen LogP contribution in [0.3, 0.4) is 0 Å². The predicted molar refractivity (Wildman–Crippen MR) is 109 cm³/mol. The van der Waals surface area contributed by atoms with Crippen LogP contribution in [0, 0.1) is 17.8 Å². The van der Waals surface area contributed by atoms with Gasteiger partial charge in [-0.2, -0.15) is 0 Å². The molecule has 27 heavy (non-hydrogen) atoms. The van der Waals surface area contributed by atoms with Crippen molar-refractivity contribution >= 4 is 0 Å². The molecule has 0 amide bonds. The van der Waals surface area contributed by atoms with Crippen LogP contribution in [0.2, 0.25) is 0 Å². The molecule has 3 heterocycles. The molecule has 0 spiro atoms. The van der Waals surface area contributed by atoms with Crippen molar-refractivity contribution in [2.75, 3.05) is 19.6 Å². The van der Waals surface area contributed by atoms with E-state index in [1.54, 1.807) is 0 Å². The summed E-state index contributed by atoms with van der Waals surface area (Å²) in [6.07, 6.45) is 7.47. The van der Waals surface area contributed by atoms with Crippen LogP contribution in [0.15, 0.2) is 24.3 Å². The van der Waals surface area contributed by atoms with Gasteiger partial charge >= 0.3 is 0 Å². The number of hydrogen-bond acceptors (Lipinski definition) is 3. The molecule has 0 saturated carbocycles. The Morgan fingerprint density at radius 1 is 1.07 bits per heavy atom. The lowest BCUT2D eigenvalue weighted by Gasteiger charge is -2.50. The first-order valence-electron chi connectivity index (χ1n) is 10.7. The Labute approximate surface area is 164 Å². The van der Waals surface area contributed by atoms with Crippen molar-refractivity contribution in [2.45, 2.75) is 76.6 Å². The summed E-state index contributed by atoms with van der Waals surface area (Å²) in [5, 5.41) is 0. The molecule has 2 fully saturated rings. The Balaban J connectivity index is 1.50. The number of hydrogen-bond donors (Lipinski definition) is 0. The van der Waals surface area contributed by atoms with Crippen LogP contribution in [0.5, 0.6) is 5.75 Å². The Bertz CT molecular complexity index is 723. The highest BCUT2D eigenvalue weighted by molar-refractivity contribution is 5.39. The van der Waals surface area contributed by atoms with E-state index < -0.39 is 0 Å². The summed E-state index contributed by atoms with van der Waals surface area (Å²) in [5.74, 6) is 8.29. The first-order valence-corrected chi connectivity index (χ1v) is 10.7. The van der Waals surface area contributed by atoms with Crippen molar-refractivity contribution in [1.29, 1.82) is 0 Å². The summed E-state index contributed by atoms with van der Waals surface area (Å²) in [6, 6.07) is 8.34. The minimum atomic E-state index is -0.368. The van der Waals surface area contributed by atoms with Crippen LogP contribution in [0.4, 0.5) is 0 Å². The molecule has 3 aliphatic heterocycles. The molecule has 1 aromatic carbocycles. The highest BCUT2D eigenvalue weighted by Gasteiger charge is 2.49. The van der Waals surface area contributed by atoms with E-state index in [4.69, 9.17) is 9.47 Å². The molecule has 3 atom stereocenters. The van der Waals surface area contributed by atoms with Crippen LogP contribution in [0.1, 0.15) is 71.0 Å². The Morgan fingerprint density at radius 3 is 2.59 bits per heavy atom. The largest absolute Gasteiger partial charge is 0.487 e. The smallest absolute Gasteiger partial charge is 0.126 e. The van der Waals surface area contributed by atoms with Crippen molar-refractivity contribution in [1.82, 2.24) is 4.90 Å². The van der Waals surface area contributed by atoms with Crippen molar-refractivity contribution in [3.05, 3.63) is 29.8 Å². The topological polar surface area (TPSA) is 21.7 Å². The quantitative estimate of drug-likeness (QED) is 0.655. The highest BCUT2D eigenvalue weighted by atomic mass is 16.5. The van der Waals surface area contributed by atoms with E-state index in [1.807, 2.05) is 6.07 Å². The molecule has 3 aliphatic rings. The van der Waals surface area contributed by atoms with Gasteiger partial charge in [0.15, 0.2) is 0 Å². The third-order valence-corrected chi connectivity index (χ3v) is 6.53. The summed E-state index contributed by atoms with van der Waals surface area (Å²) in [4.78, 5) is 2.50. The third-order valence-electron chi connectivity index (χ3n) is 6.53. The van der Waals surface area contributed by atoms with E-state index in [-0.39, 0.29) is 17.3 Å². The van der Waals surface area contributed by atoms with Crippen molar-refractivity contribution in [3.63, 3.8) is 0 Å². The minimum absolute atomic E-state index is 0.0659. The van der Waals surface area contributed by atoms with Crippen molar-refractivity contribution in [3.8, 4) is 17.6 Å². The van der Waals surface area contributed by atoms with E-state index in [2.05, 4.69) is 55.7 Å². The van der Waals surface area contributed by atoms with Crippen LogP contribution in [-0.2, 0) is 4.74 Å². The molecule has 3 heteroatoms. The molecule has 0 N–H and O–H groups in total. The number of likely N-dealkylation sites (tertiary alicyclic amines) is 1. The predicted octanol–water partition coefficient (Wildman–Crippen LogP) is 4.96. The summed E-state index contributed by atoms with van der Waals surface area (Å²) >= 11 is 0. The SMILES string of the molecule is CC1(C)Oc2ccccc2[C@H]2O[C@@](C)(C#CCN3CCCCCC3)CC[C@H]21. The summed E-state index contributed by atoms with van der Waals surface area (Å²) in [6.45, 7) is 9.81. The maximum atomic E-state index is 6.68. The first kappa shape index (κ1) is 18.8. The maximum Gasteiger partial charge on any atom is 0.126 e. The molecular formula is C24H33NO2. The van der Waals surface area contributed by atoms with Crippen LogP contribution >= 0.6 is 0 Å². The minimum Gasteiger partial charge on any atom is -0.487 e. The number of fused-ring (bicyclic) bond motifs is 3. The van der Waals surface area contributed by atoms with Gasteiger partial charge in [0, 0.05) is 11.5 Å². The lowest BCUT2D eigenvalue weighted by Crippen LogP contribution is -2.50. The lowest BCUT2D eigenvalue weighted by atomic mass is 9.73. The second kappa shape index (κ2) is 7.49. The molecule has 0 radical (unpaired) electrons. The standard InChI is InChI=1S/C24H33NO2/c1-23(2)20-13-15-24(3,14-10-18-25-16-8-4-5-9-17-25)27-22(20)19-11-6-7-12-21(19)26-23/h6-7,11-12,20,22H,4-5,8-9,13,15-18H2,1-3H3/t20-,22-,24+/m1/s1. The van der Waals surface area contributed by atoms with Crippen LogP contribution in [-0.4, -0.2) is 35.7 Å². The van der Waals surface area contributed by atoms with Gasteiger partial charge in [0.05, 0.1) is 12.6 Å². The Kier molecular flexibility index (Phi) is 5.23. The second-order valence-corrected chi connectivity index (χ2v) is 9.15. The van der Waals surface area contributed by atoms with Gasteiger partial charge in [-0.25, -0.2) is 0 Å².